The summed E-state index contributed by atoms with van der Waals surface area (Å²) < 4.78 is 2.62. The summed E-state index contributed by atoms with van der Waals surface area (Å²) in [6.07, 6.45) is 3.91. The maximum absolute atomic E-state index is 12.5. The minimum absolute atomic E-state index is 0.0243. The monoisotopic (exact) mass is 452 g/mol. The summed E-state index contributed by atoms with van der Waals surface area (Å²) in [5, 5.41) is 3.01. The van der Waals surface area contributed by atoms with Crippen molar-refractivity contribution in [3.8, 4) is 0 Å². The third kappa shape index (κ3) is 3.23. The van der Waals surface area contributed by atoms with E-state index in [1.807, 2.05) is 12.1 Å². The van der Waals surface area contributed by atoms with Gasteiger partial charge in [-0.3, -0.25) is 4.79 Å². The molecule has 19 heavy (non-hydrogen) atoms. The Labute approximate surface area is 138 Å². The van der Waals surface area contributed by atoms with Crippen molar-refractivity contribution in [2.24, 2.45) is 11.1 Å². The van der Waals surface area contributed by atoms with Gasteiger partial charge < -0.3 is 11.1 Å². The molecule has 0 radical (unpaired) electrons. The van der Waals surface area contributed by atoms with E-state index >= 15 is 0 Å². The summed E-state index contributed by atoms with van der Waals surface area (Å²) >= 11 is 10.3. The second kappa shape index (κ2) is 6.24. The van der Waals surface area contributed by atoms with E-state index in [9.17, 15) is 4.79 Å². The van der Waals surface area contributed by atoms with Crippen LogP contribution in [0.3, 0.4) is 0 Å². The first-order chi connectivity index (χ1) is 8.98. The van der Waals surface area contributed by atoms with Gasteiger partial charge in [0.2, 0.25) is 5.91 Å². The molecule has 0 unspecified atom stereocenters. The van der Waals surface area contributed by atoms with Crippen LogP contribution < -0.4 is 11.1 Å². The van der Waals surface area contributed by atoms with Gasteiger partial charge in [0.15, 0.2) is 0 Å². The number of benzene rings is 1. The molecule has 2 rings (SSSR count). The number of halogens is 3. The van der Waals surface area contributed by atoms with Crippen LogP contribution in [0.5, 0.6) is 0 Å². The van der Waals surface area contributed by atoms with Crippen LogP contribution >= 0.6 is 47.8 Å². The van der Waals surface area contributed by atoms with Crippen molar-refractivity contribution in [3.63, 3.8) is 0 Å². The highest BCUT2D eigenvalue weighted by Gasteiger charge is 2.40. The van der Waals surface area contributed by atoms with E-state index in [0.717, 1.165) is 44.8 Å². The summed E-state index contributed by atoms with van der Waals surface area (Å²) in [6.45, 7) is 0.407. The van der Waals surface area contributed by atoms with Gasteiger partial charge in [-0.25, -0.2) is 0 Å². The SMILES string of the molecule is NCC1(C(=O)Nc2c(Br)cc(Br)cc2Br)CCCC1. The van der Waals surface area contributed by atoms with Crippen LogP contribution in [0.25, 0.3) is 0 Å². The van der Waals surface area contributed by atoms with Gasteiger partial charge in [-0.1, -0.05) is 28.8 Å². The van der Waals surface area contributed by atoms with E-state index in [-0.39, 0.29) is 5.91 Å². The third-order valence-corrected chi connectivity index (χ3v) is 5.39. The van der Waals surface area contributed by atoms with E-state index in [1.165, 1.54) is 0 Å². The number of carbonyl (C=O) groups is 1. The summed E-state index contributed by atoms with van der Waals surface area (Å²) in [7, 11) is 0. The van der Waals surface area contributed by atoms with Crippen molar-refractivity contribution in [1.29, 1.82) is 0 Å². The van der Waals surface area contributed by atoms with E-state index in [2.05, 4.69) is 53.1 Å². The molecule has 0 saturated heterocycles. The first-order valence-electron chi connectivity index (χ1n) is 6.14. The van der Waals surface area contributed by atoms with Gasteiger partial charge >= 0.3 is 0 Å². The Balaban J connectivity index is 2.24. The molecular weight excluding hydrogens is 440 g/mol. The molecule has 1 amide bonds. The fraction of sp³-hybridized carbons (Fsp3) is 0.462. The predicted molar refractivity (Wildman–Crippen MR) is 88.1 cm³/mol. The molecule has 0 bridgehead atoms. The molecule has 0 aromatic heterocycles. The van der Waals surface area contributed by atoms with E-state index in [0.29, 0.717) is 6.54 Å². The topological polar surface area (TPSA) is 55.1 Å². The second-order valence-electron chi connectivity index (χ2n) is 4.89. The number of hydrogen-bond acceptors (Lipinski definition) is 2. The van der Waals surface area contributed by atoms with Crippen molar-refractivity contribution < 1.29 is 4.79 Å². The summed E-state index contributed by atoms with van der Waals surface area (Å²) in [5.74, 6) is 0.0243. The Morgan fingerprint density at radius 1 is 1.21 bits per heavy atom. The molecule has 0 spiro atoms. The number of carbonyl (C=O) groups excluding carboxylic acids is 1. The maximum Gasteiger partial charge on any atom is 0.231 e. The number of nitrogens with one attached hydrogen (secondary N) is 1. The van der Waals surface area contributed by atoms with Crippen LogP contribution in [0.15, 0.2) is 25.6 Å². The van der Waals surface area contributed by atoms with Crippen molar-refractivity contribution >= 4 is 59.4 Å². The normalized spacial score (nSPS) is 17.5. The number of anilines is 1. The molecule has 1 aromatic carbocycles. The molecule has 3 N–H and O–H groups in total. The Morgan fingerprint density at radius 3 is 2.21 bits per heavy atom. The maximum atomic E-state index is 12.5. The van der Waals surface area contributed by atoms with Crippen LogP contribution in [0, 0.1) is 5.41 Å². The van der Waals surface area contributed by atoms with Gasteiger partial charge in [0.05, 0.1) is 11.1 Å². The van der Waals surface area contributed by atoms with Crippen molar-refractivity contribution in [3.05, 3.63) is 25.6 Å². The van der Waals surface area contributed by atoms with E-state index < -0.39 is 5.41 Å². The lowest BCUT2D eigenvalue weighted by Gasteiger charge is -2.26. The van der Waals surface area contributed by atoms with Gasteiger partial charge in [-0.2, -0.15) is 0 Å². The Kier molecular flexibility index (Phi) is 5.09. The van der Waals surface area contributed by atoms with Crippen molar-refractivity contribution in [2.75, 3.05) is 11.9 Å². The van der Waals surface area contributed by atoms with Crippen LogP contribution in [0.1, 0.15) is 25.7 Å². The van der Waals surface area contributed by atoms with Crippen LogP contribution in [-0.4, -0.2) is 12.5 Å². The van der Waals surface area contributed by atoms with Crippen LogP contribution in [0.2, 0.25) is 0 Å². The molecule has 6 heteroatoms. The molecule has 1 fully saturated rings. The highest BCUT2D eigenvalue weighted by atomic mass is 79.9. The van der Waals surface area contributed by atoms with Gasteiger partial charge in [0.1, 0.15) is 0 Å². The molecule has 0 heterocycles. The molecule has 1 aliphatic carbocycles. The molecule has 0 atom stereocenters. The second-order valence-corrected chi connectivity index (χ2v) is 7.51. The number of hydrogen-bond donors (Lipinski definition) is 2. The lowest BCUT2D eigenvalue weighted by atomic mass is 9.85. The lowest BCUT2D eigenvalue weighted by Crippen LogP contribution is -2.40. The molecule has 1 aliphatic rings. The smallest absolute Gasteiger partial charge is 0.231 e. The Hall–Kier alpha value is 0.0900. The molecule has 1 aromatic rings. The van der Waals surface area contributed by atoms with Crippen molar-refractivity contribution in [2.45, 2.75) is 25.7 Å². The highest BCUT2D eigenvalue weighted by molar-refractivity contribution is 9.11. The Morgan fingerprint density at radius 2 is 1.74 bits per heavy atom. The Bertz CT molecular complexity index is 476. The highest BCUT2D eigenvalue weighted by Crippen LogP contribution is 2.40. The molecule has 3 nitrogen and oxygen atoms in total. The van der Waals surface area contributed by atoms with Gasteiger partial charge in [-0.15, -0.1) is 0 Å². The minimum Gasteiger partial charge on any atom is -0.329 e. The van der Waals surface area contributed by atoms with Gasteiger partial charge in [0, 0.05) is 20.0 Å². The summed E-state index contributed by atoms with van der Waals surface area (Å²) in [4.78, 5) is 12.5. The molecule has 1 saturated carbocycles. The van der Waals surface area contributed by atoms with E-state index in [1.54, 1.807) is 0 Å². The number of nitrogens with two attached hydrogens (primary N) is 1. The lowest BCUT2D eigenvalue weighted by molar-refractivity contribution is -0.124. The largest absolute Gasteiger partial charge is 0.329 e. The fourth-order valence-corrected chi connectivity index (χ4v) is 4.94. The minimum atomic E-state index is -0.397. The standard InChI is InChI=1S/C13H15Br3N2O/c14-8-5-9(15)11(10(16)6-8)18-12(19)13(7-17)3-1-2-4-13/h5-6H,1-4,7,17H2,(H,18,19). The zero-order valence-corrected chi connectivity index (χ0v) is 15.1. The first-order valence-corrected chi connectivity index (χ1v) is 8.52. The van der Waals surface area contributed by atoms with Crippen LogP contribution in [-0.2, 0) is 4.79 Å². The average molecular weight is 455 g/mol. The molecule has 0 aliphatic heterocycles. The van der Waals surface area contributed by atoms with Crippen molar-refractivity contribution in [1.82, 2.24) is 0 Å². The van der Waals surface area contributed by atoms with E-state index in [4.69, 9.17) is 5.73 Å². The zero-order chi connectivity index (χ0) is 14.0. The quantitative estimate of drug-likeness (QED) is 0.709. The van der Waals surface area contributed by atoms with Crippen LogP contribution in [0.4, 0.5) is 5.69 Å². The molecular formula is C13H15Br3N2O. The fourth-order valence-electron chi connectivity index (χ4n) is 2.48. The average Bonchev–Trinajstić information content (AvgIpc) is 2.83. The summed E-state index contributed by atoms with van der Waals surface area (Å²) in [5.41, 5.74) is 6.19. The first kappa shape index (κ1) is 15.5. The number of amides is 1. The molecule has 104 valence electrons. The van der Waals surface area contributed by atoms with Gasteiger partial charge in [-0.05, 0) is 56.8 Å². The third-order valence-electron chi connectivity index (χ3n) is 3.68. The number of rotatable bonds is 3. The summed E-state index contributed by atoms with van der Waals surface area (Å²) in [6, 6.07) is 3.81. The zero-order valence-electron chi connectivity index (χ0n) is 10.3. The van der Waals surface area contributed by atoms with Gasteiger partial charge in [0.25, 0.3) is 0 Å². The predicted octanol–water partition coefficient (Wildman–Crippen LogP) is 4.43.